The summed E-state index contributed by atoms with van der Waals surface area (Å²) in [6.07, 6.45) is 0. The number of carboxylic acid groups (broad SMARTS) is 2. The molecular weight excluding hydrogens is 368 g/mol. The second-order valence-electron chi connectivity index (χ2n) is 4.54. The summed E-state index contributed by atoms with van der Waals surface area (Å²) in [4.78, 5) is 19.8. The monoisotopic (exact) mass is 376 g/mol. The Bertz CT molecular complexity index is 1100. The van der Waals surface area contributed by atoms with Gasteiger partial charge in [0.05, 0.1) is 11.1 Å². The number of carbonyl (C=O) groups is 2. The van der Waals surface area contributed by atoms with Gasteiger partial charge in [-0.2, -0.15) is 16.8 Å². The normalized spacial score (nSPS) is 12.2. The van der Waals surface area contributed by atoms with E-state index >= 15 is 0 Å². The fourth-order valence-electron chi connectivity index (χ4n) is 2.24. The molecule has 0 saturated heterocycles. The van der Waals surface area contributed by atoms with E-state index in [-0.39, 0.29) is 5.39 Å². The van der Waals surface area contributed by atoms with Crippen LogP contribution < -0.4 is 0 Å². The minimum atomic E-state index is -5.44. The molecule has 0 radical (unpaired) electrons. The van der Waals surface area contributed by atoms with Crippen molar-refractivity contribution in [3.63, 3.8) is 0 Å². The minimum absolute atomic E-state index is 0.271. The van der Waals surface area contributed by atoms with Crippen LogP contribution in [0.3, 0.4) is 0 Å². The topological polar surface area (TPSA) is 183 Å². The molecule has 12 heteroatoms. The number of aromatic carboxylic acids is 2. The molecule has 0 atom stereocenters. The zero-order chi connectivity index (χ0) is 18.4. The lowest BCUT2D eigenvalue weighted by atomic mass is 9.99. The van der Waals surface area contributed by atoms with Crippen LogP contribution >= 0.6 is 0 Å². The minimum Gasteiger partial charge on any atom is -0.478 e. The highest BCUT2D eigenvalue weighted by Gasteiger charge is 2.33. The Morgan fingerprint density at radius 2 is 1.46 bits per heavy atom. The van der Waals surface area contributed by atoms with Gasteiger partial charge in [0.25, 0.3) is 20.2 Å². The van der Waals surface area contributed by atoms with Crippen LogP contribution in [0.15, 0.2) is 34.1 Å². The lowest BCUT2D eigenvalue weighted by Crippen LogP contribution is -2.16. The lowest BCUT2D eigenvalue weighted by molar-refractivity contribution is 0.0692. The first-order valence-corrected chi connectivity index (χ1v) is 8.75. The van der Waals surface area contributed by atoms with Crippen molar-refractivity contribution in [3.05, 3.63) is 35.4 Å². The summed E-state index contributed by atoms with van der Waals surface area (Å²) in [5, 5.41) is 17.5. The Morgan fingerprint density at radius 3 is 1.88 bits per heavy atom. The maximum absolute atomic E-state index is 11.5. The van der Waals surface area contributed by atoms with Gasteiger partial charge in [-0.3, -0.25) is 9.11 Å². The molecule has 0 fully saturated rings. The van der Waals surface area contributed by atoms with E-state index in [0.717, 1.165) is 18.2 Å². The quantitative estimate of drug-likeness (QED) is 0.555. The molecule has 0 unspecified atom stereocenters. The molecule has 2 aromatic carbocycles. The van der Waals surface area contributed by atoms with Crippen LogP contribution in [-0.4, -0.2) is 48.1 Å². The van der Waals surface area contributed by atoms with Gasteiger partial charge in [0, 0.05) is 5.39 Å². The second-order valence-corrected chi connectivity index (χ2v) is 7.29. The number of hydrogen-bond donors (Lipinski definition) is 4. The summed E-state index contributed by atoms with van der Waals surface area (Å²) in [7, 11) is -10.7. The maximum atomic E-state index is 11.5. The summed E-state index contributed by atoms with van der Waals surface area (Å²) < 4.78 is 64.3. The summed E-state index contributed by atoms with van der Waals surface area (Å²) in [6, 6.07) is 3.82. The Labute approximate surface area is 134 Å². The largest absolute Gasteiger partial charge is 0.478 e. The number of fused-ring (bicyclic) bond motifs is 1. The van der Waals surface area contributed by atoms with Crippen LogP contribution in [0.1, 0.15) is 20.7 Å². The third kappa shape index (κ3) is 2.94. The molecule has 10 nitrogen and oxygen atoms in total. The fourth-order valence-corrected chi connectivity index (χ4v) is 4.25. The predicted octanol–water partition coefficient (Wildman–Crippen LogP) is 0.730. The van der Waals surface area contributed by atoms with E-state index < -0.39 is 58.5 Å². The van der Waals surface area contributed by atoms with Crippen LogP contribution in [0, 0.1) is 0 Å². The van der Waals surface area contributed by atoms with Gasteiger partial charge in [-0.15, -0.1) is 0 Å². The number of benzene rings is 2. The molecule has 0 aliphatic carbocycles. The SMILES string of the molecule is O=C(O)c1cccc2cc(S(=O)(=O)O)c(S(=O)(=O)O)c(C(=O)O)c12. The molecular formula is C12H8O10S2. The van der Waals surface area contributed by atoms with Crippen LogP contribution in [-0.2, 0) is 20.2 Å². The fraction of sp³-hybridized carbons (Fsp3) is 0. The number of hydrogen-bond acceptors (Lipinski definition) is 6. The molecule has 0 heterocycles. The molecule has 4 N–H and O–H groups in total. The standard InChI is InChI=1S/C12H8O10S2/c13-11(14)6-3-1-2-5-4-7(23(17,18)19)10(24(20,21)22)9(8(5)6)12(15)16/h1-4H,(H,13,14)(H,15,16)(H,17,18,19)(H,20,21,22). The lowest BCUT2D eigenvalue weighted by Gasteiger charge is -2.13. The average Bonchev–Trinajstić information content (AvgIpc) is 2.42. The molecule has 24 heavy (non-hydrogen) atoms. The number of carboxylic acids is 2. The van der Waals surface area contributed by atoms with Crippen LogP contribution in [0.5, 0.6) is 0 Å². The van der Waals surface area contributed by atoms with E-state index in [1.807, 2.05) is 0 Å². The molecule has 0 saturated carbocycles. The van der Waals surface area contributed by atoms with E-state index in [0.29, 0.717) is 6.07 Å². The smallest absolute Gasteiger partial charge is 0.337 e. The molecule has 2 rings (SSSR count). The predicted molar refractivity (Wildman–Crippen MR) is 77.5 cm³/mol. The molecule has 2 aromatic rings. The highest BCUT2D eigenvalue weighted by molar-refractivity contribution is 7.89. The highest BCUT2D eigenvalue weighted by atomic mass is 32.2. The molecule has 128 valence electrons. The van der Waals surface area contributed by atoms with Crippen molar-refractivity contribution >= 4 is 42.9 Å². The van der Waals surface area contributed by atoms with Gasteiger partial charge in [-0.25, -0.2) is 9.59 Å². The zero-order valence-electron chi connectivity index (χ0n) is 11.4. The zero-order valence-corrected chi connectivity index (χ0v) is 13.0. The maximum Gasteiger partial charge on any atom is 0.337 e. The Kier molecular flexibility index (Phi) is 4.10. The van der Waals surface area contributed by atoms with Crippen molar-refractivity contribution in [1.82, 2.24) is 0 Å². The average molecular weight is 376 g/mol. The van der Waals surface area contributed by atoms with Gasteiger partial charge in [0.2, 0.25) is 0 Å². The molecule has 0 spiro atoms. The summed E-state index contributed by atoms with van der Waals surface area (Å²) >= 11 is 0. The van der Waals surface area contributed by atoms with Gasteiger partial charge in [0.15, 0.2) is 0 Å². The Morgan fingerprint density at radius 1 is 0.875 bits per heavy atom. The molecule has 0 aliphatic heterocycles. The summed E-state index contributed by atoms with van der Waals surface area (Å²) in [6.45, 7) is 0. The van der Waals surface area contributed by atoms with Gasteiger partial charge in [0.1, 0.15) is 9.79 Å². The van der Waals surface area contributed by atoms with E-state index in [9.17, 15) is 36.1 Å². The Hall–Kier alpha value is -2.54. The number of rotatable bonds is 4. The highest BCUT2D eigenvalue weighted by Crippen LogP contribution is 2.34. The van der Waals surface area contributed by atoms with Gasteiger partial charge < -0.3 is 10.2 Å². The first kappa shape index (κ1) is 17.8. The second kappa shape index (κ2) is 5.52. The molecule has 0 bridgehead atoms. The molecule has 0 aliphatic rings. The first-order chi connectivity index (χ1) is 10.9. The third-order valence-corrected chi connectivity index (χ3v) is 5.01. The molecule has 0 amide bonds. The van der Waals surface area contributed by atoms with Crippen LogP contribution in [0.25, 0.3) is 10.8 Å². The van der Waals surface area contributed by atoms with Crippen molar-refractivity contribution in [1.29, 1.82) is 0 Å². The third-order valence-electron chi connectivity index (χ3n) is 3.06. The first-order valence-electron chi connectivity index (χ1n) is 5.87. The van der Waals surface area contributed by atoms with Gasteiger partial charge in [-0.1, -0.05) is 12.1 Å². The van der Waals surface area contributed by atoms with E-state index in [4.69, 9.17) is 9.66 Å². The van der Waals surface area contributed by atoms with Crippen LogP contribution in [0.2, 0.25) is 0 Å². The van der Waals surface area contributed by atoms with Crippen molar-refractivity contribution in [2.75, 3.05) is 0 Å². The van der Waals surface area contributed by atoms with Crippen LogP contribution in [0.4, 0.5) is 0 Å². The summed E-state index contributed by atoms with van der Waals surface area (Å²) in [5.74, 6) is -3.61. The van der Waals surface area contributed by atoms with Crippen molar-refractivity contribution < 1.29 is 45.7 Å². The van der Waals surface area contributed by atoms with E-state index in [1.54, 1.807) is 0 Å². The van der Waals surface area contributed by atoms with Crippen molar-refractivity contribution in [2.45, 2.75) is 9.79 Å². The Balaban J connectivity index is 3.33. The van der Waals surface area contributed by atoms with E-state index in [1.165, 1.54) is 0 Å². The van der Waals surface area contributed by atoms with Gasteiger partial charge >= 0.3 is 11.9 Å². The van der Waals surface area contributed by atoms with E-state index in [2.05, 4.69) is 0 Å². The molecule has 0 aromatic heterocycles. The van der Waals surface area contributed by atoms with Crippen molar-refractivity contribution in [2.24, 2.45) is 0 Å². The summed E-state index contributed by atoms with van der Waals surface area (Å²) in [5.41, 5.74) is -1.91. The van der Waals surface area contributed by atoms with Gasteiger partial charge in [-0.05, 0) is 17.5 Å². The van der Waals surface area contributed by atoms with Crippen molar-refractivity contribution in [3.8, 4) is 0 Å².